The largest absolute Gasteiger partial charge is 0.481 e. The third kappa shape index (κ3) is 2.02. The molecule has 0 radical (unpaired) electrons. The van der Waals surface area contributed by atoms with Crippen molar-refractivity contribution in [2.75, 3.05) is 0 Å². The fourth-order valence-corrected chi connectivity index (χ4v) is 2.02. The topological polar surface area (TPSA) is 42.2 Å². The van der Waals surface area contributed by atoms with Gasteiger partial charge < -0.3 is 9.67 Å². The van der Waals surface area contributed by atoms with Crippen LogP contribution < -0.4 is 0 Å². The summed E-state index contributed by atoms with van der Waals surface area (Å²) >= 11 is 0. The van der Waals surface area contributed by atoms with Crippen molar-refractivity contribution >= 4 is 16.9 Å². The Kier molecular flexibility index (Phi) is 2.88. The second-order valence-corrected chi connectivity index (χ2v) is 4.32. The van der Waals surface area contributed by atoms with Crippen molar-refractivity contribution in [3.63, 3.8) is 0 Å². The Morgan fingerprint density at radius 3 is 2.82 bits per heavy atom. The van der Waals surface area contributed by atoms with Gasteiger partial charge in [-0.25, -0.2) is 4.39 Å². The van der Waals surface area contributed by atoms with Crippen LogP contribution in [0.5, 0.6) is 0 Å². The number of carbonyl (C=O) groups is 1. The van der Waals surface area contributed by atoms with Crippen molar-refractivity contribution in [1.29, 1.82) is 0 Å². The molecule has 0 saturated carbocycles. The number of rotatable bonds is 3. The molecule has 0 saturated heterocycles. The minimum atomic E-state index is -0.837. The Morgan fingerprint density at radius 1 is 1.53 bits per heavy atom. The fraction of sp³-hybridized carbons (Fsp3) is 0.308. The van der Waals surface area contributed by atoms with Gasteiger partial charge in [0, 0.05) is 24.5 Å². The Labute approximate surface area is 98.5 Å². The van der Waals surface area contributed by atoms with Gasteiger partial charge in [-0.2, -0.15) is 0 Å². The summed E-state index contributed by atoms with van der Waals surface area (Å²) in [7, 11) is 1.76. The summed E-state index contributed by atoms with van der Waals surface area (Å²) in [5.41, 5.74) is 1.36. The number of hydrogen-bond donors (Lipinski definition) is 1. The molecule has 0 bridgehead atoms. The molecule has 4 heteroatoms. The van der Waals surface area contributed by atoms with Gasteiger partial charge in [-0.1, -0.05) is 19.1 Å². The van der Waals surface area contributed by atoms with Crippen LogP contribution in [0.4, 0.5) is 4.39 Å². The van der Waals surface area contributed by atoms with E-state index in [0.29, 0.717) is 11.9 Å². The van der Waals surface area contributed by atoms with Crippen LogP contribution >= 0.6 is 0 Å². The maximum absolute atomic E-state index is 13.6. The number of aliphatic carboxylic acids is 1. The summed E-state index contributed by atoms with van der Waals surface area (Å²) in [5.74, 6) is -1.59. The number of aromatic nitrogens is 1. The molecule has 2 rings (SSSR count). The van der Waals surface area contributed by atoms with Crippen LogP contribution in [0.15, 0.2) is 24.3 Å². The molecule has 17 heavy (non-hydrogen) atoms. The average molecular weight is 235 g/mol. The standard InChI is InChI=1S/C13H14FNO2/c1-8(13(16)17)6-10-7-9-4-3-5-11(14)12(9)15(10)2/h3-5,7-8H,6H2,1-2H3,(H,16,17). The lowest BCUT2D eigenvalue weighted by atomic mass is 10.1. The molecule has 3 nitrogen and oxygen atoms in total. The molecule has 0 aliphatic heterocycles. The van der Waals surface area contributed by atoms with Gasteiger partial charge in [0.1, 0.15) is 5.82 Å². The highest BCUT2D eigenvalue weighted by Crippen LogP contribution is 2.23. The van der Waals surface area contributed by atoms with E-state index in [1.54, 1.807) is 24.6 Å². The number of hydrogen-bond acceptors (Lipinski definition) is 1. The molecule has 1 atom stereocenters. The number of aryl methyl sites for hydroxylation is 1. The molecule has 0 amide bonds. The van der Waals surface area contributed by atoms with E-state index in [1.165, 1.54) is 6.07 Å². The van der Waals surface area contributed by atoms with Crippen molar-refractivity contribution in [3.05, 3.63) is 35.8 Å². The molecule has 0 aliphatic rings. The number of carboxylic acids is 1. The van der Waals surface area contributed by atoms with Crippen molar-refractivity contribution in [3.8, 4) is 0 Å². The predicted molar refractivity (Wildman–Crippen MR) is 63.4 cm³/mol. The number of fused-ring (bicyclic) bond motifs is 1. The third-order valence-electron chi connectivity index (χ3n) is 3.04. The van der Waals surface area contributed by atoms with E-state index in [1.807, 2.05) is 12.1 Å². The van der Waals surface area contributed by atoms with Gasteiger partial charge in [0.2, 0.25) is 0 Å². The minimum absolute atomic E-state index is 0.278. The Bertz CT molecular complexity index is 574. The lowest BCUT2D eigenvalue weighted by Gasteiger charge is -2.07. The number of halogens is 1. The summed E-state index contributed by atoms with van der Waals surface area (Å²) in [6.07, 6.45) is 0.403. The normalized spacial score (nSPS) is 12.9. The molecule has 1 aromatic heterocycles. The van der Waals surface area contributed by atoms with Crippen molar-refractivity contribution in [1.82, 2.24) is 4.57 Å². The lowest BCUT2D eigenvalue weighted by Crippen LogP contribution is -2.14. The number of para-hydroxylation sites is 1. The van der Waals surface area contributed by atoms with E-state index in [-0.39, 0.29) is 5.82 Å². The second-order valence-electron chi connectivity index (χ2n) is 4.32. The van der Waals surface area contributed by atoms with Crippen molar-refractivity contribution < 1.29 is 14.3 Å². The van der Waals surface area contributed by atoms with Gasteiger partial charge in [-0.15, -0.1) is 0 Å². The summed E-state index contributed by atoms with van der Waals surface area (Å²) in [5, 5.41) is 9.69. The second kappa shape index (κ2) is 4.20. The van der Waals surface area contributed by atoms with Gasteiger partial charge in [-0.3, -0.25) is 4.79 Å². The Hall–Kier alpha value is -1.84. The molecule has 0 spiro atoms. The zero-order chi connectivity index (χ0) is 12.6. The summed E-state index contributed by atoms with van der Waals surface area (Å²) < 4.78 is 15.3. The molecule has 0 fully saturated rings. The van der Waals surface area contributed by atoms with Crippen LogP contribution in [0, 0.1) is 11.7 Å². The van der Waals surface area contributed by atoms with Gasteiger partial charge in [-0.05, 0) is 12.1 Å². The summed E-state index contributed by atoms with van der Waals surface area (Å²) in [6, 6.07) is 6.74. The van der Waals surface area contributed by atoms with Crippen LogP contribution in [0.2, 0.25) is 0 Å². The van der Waals surface area contributed by atoms with Crippen LogP contribution in [0.1, 0.15) is 12.6 Å². The third-order valence-corrected chi connectivity index (χ3v) is 3.04. The molecule has 2 aromatic rings. The quantitative estimate of drug-likeness (QED) is 0.888. The highest BCUT2D eigenvalue weighted by atomic mass is 19.1. The first kappa shape index (κ1) is 11.6. The smallest absolute Gasteiger partial charge is 0.306 e. The molecule has 1 N–H and O–H groups in total. The van der Waals surface area contributed by atoms with E-state index < -0.39 is 11.9 Å². The van der Waals surface area contributed by atoms with Crippen LogP contribution in [0.3, 0.4) is 0 Å². The predicted octanol–water partition coefficient (Wildman–Crippen LogP) is 2.58. The molecular formula is C13H14FNO2. The van der Waals surface area contributed by atoms with Crippen LogP contribution in [-0.2, 0) is 18.3 Å². The van der Waals surface area contributed by atoms with E-state index >= 15 is 0 Å². The molecule has 1 unspecified atom stereocenters. The number of benzene rings is 1. The van der Waals surface area contributed by atoms with E-state index in [4.69, 9.17) is 5.11 Å². The Morgan fingerprint density at radius 2 is 2.24 bits per heavy atom. The minimum Gasteiger partial charge on any atom is -0.481 e. The fourth-order valence-electron chi connectivity index (χ4n) is 2.02. The zero-order valence-electron chi connectivity index (χ0n) is 9.77. The van der Waals surface area contributed by atoms with Gasteiger partial charge in [0.15, 0.2) is 0 Å². The molecule has 0 aliphatic carbocycles. The maximum atomic E-state index is 13.6. The van der Waals surface area contributed by atoms with E-state index in [9.17, 15) is 9.18 Å². The lowest BCUT2D eigenvalue weighted by molar-refractivity contribution is -0.141. The molecular weight excluding hydrogens is 221 g/mol. The first-order valence-electron chi connectivity index (χ1n) is 5.46. The average Bonchev–Trinajstić information content (AvgIpc) is 2.57. The highest BCUT2D eigenvalue weighted by molar-refractivity contribution is 5.82. The Balaban J connectivity index is 2.46. The van der Waals surface area contributed by atoms with Crippen molar-refractivity contribution in [2.24, 2.45) is 13.0 Å². The molecule has 90 valence electrons. The van der Waals surface area contributed by atoms with Crippen molar-refractivity contribution in [2.45, 2.75) is 13.3 Å². The van der Waals surface area contributed by atoms with E-state index in [0.717, 1.165) is 11.1 Å². The monoisotopic (exact) mass is 235 g/mol. The zero-order valence-corrected chi connectivity index (χ0v) is 9.77. The highest BCUT2D eigenvalue weighted by Gasteiger charge is 2.16. The van der Waals surface area contributed by atoms with Gasteiger partial charge in [0.05, 0.1) is 11.4 Å². The summed E-state index contributed by atoms with van der Waals surface area (Å²) in [6.45, 7) is 1.65. The van der Waals surface area contributed by atoms with E-state index in [2.05, 4.69) is 0 Å². The summed E-state index contributed by atoms with van der Waals surface area (Å²) in [4.78, 5) is 10.8. The maximum Gasteiger partial charge on any atom is 0.306 e. The molecule has 1 heterocycles. The number of carboxylic acid groups (broad SMARTS) is 1. The number of nitrogens with zero attached hydrogens (tertiary/aromatic N) is 1. The first-order valence-corrected chi connectivity index (χ1v) is 5.46. The SMILES string of the molecule is CC(Cc1cc2cccc(F)c2n1C)C(=O)O. The van der Waals surface area contributed by atoms with Gasteiger partial charge in [0.25, 0.3) is 0 Å². The van der Waals surface area contributed by atoms with Gasteiger partial charge >= 0.3 is 5.97 Å². The molecule has 1 aromatic carbocycles. The first-order chi connectivity index (χ1) is 8.00. The van der Waals surface area contributed by atoms with Crippen LogP contribution in [0.25, 0.3) is 10.9 Å². The van der Waals surface area contributed by atoms with Crippen LogP contribution in [-0.4, -0.2) is 15.6 Å².